The van der Waals surface area contributed by atoms with Crippen molar-refractivity contribution >= 4 is 23.5 Å². The first kappa shape index (κ1) is 13.2. The van der Waals surface area contributed by atoms with Crippen molar-refractivity contribution in [2.75, 3.05) is 11.6 Å². The molecule has 0 aromatic carbocycles. The summed E-state index contributed by atoms with van der Waals surface area (Å²) in [5, 5.41) is 9.51. The predicted octanol–water partition coefficient (Wildman–Crippen LogP) is -0.287. The largest absolute Gasteiger partial charge is 0.370 e. The molecule has 0 amide bonds. The lowest BCUT2D eigenvalue weighted by molar-refractivity contribution is -0.122. The Kier molecular flexibility index (Phi) is 6.31. The normalized spacial score (nSPS) is 12.6. The first-order valence-electron chi connectivity index (χ1n) is 4.40. The van der Waals surface area contributed by atoms with Crippen molar-refractivity contribution in [2.45, 2.75) is 19.9 Å². The molecule has 82 valence electrons. The third kappa shape index (κ3) is 5.82. The lowest BCUT2D eigenvalue weighted by Crippen LogP contribution is -2.37. The standard InChI is InChI=1S/C8H18N4OS/c1-5(2)7(13)6(9)3-14-4-12-8(10)11/h5-6H,3-4,9H2,1-2H3,(H4,10,11,12). The van der Waals surface area contributed by atoms with Gasteiger partial charge in [0.05, 0.1) is 11.9 Å². The van der Waals surface area contributed by atoms with Crippen LogP contribution in [-0.2, 0) is 4.79 Å². The maximum Gasteiger partial charge on any atom is 0.186 e. The second kappa shape index (κ2) is 6.67. The smallest absolute Gasteiger partial charge is 0.186 e. The number of thioether (sulfide) groups is 1. The highest BCUT2D eigenvalue weighted by Crippen LogP contribution is 2.04. The molecule has 0 aromatic rings. The van der Waals surface area contributed by atoms with E-state index in [1.807, 2.05) is 13.8 Å². The van der Waals surface area contributed by atoms with Crippen LogP contribution < -0.4 is 16.8 Å². The van der Waals surface area contributed by atoms with E-state index in [0.717, 1.165) is 0 Å². The fraction of sp³-hybridized carbons (Fsp3) is 0.750. The van der Waals surface area contributed by atoms with Gasteiger partial charge in [0.2, 0.25) is 0 Å². The maximum atomic E-state index is 11.3. The van der Waals surface area contributed by atoms with E-state index < -0.39 is 6.04 Å². The number of hydrogen-bond donors (Lipinski definition) is 4. The highest BCUT2D eigenvalue weighted by atomic mass is 32.2. The van der Waals surface area contributed by atoms with Crippen LogP contribution >= 0.6 is 11.8 Å². The topological polar surface area (TPSA) is 105 Å². The lowest BCUT2D eigenvalue weighted by Gasteiger charge is -2.12. The van der Waals surface area contributed by atoms with E-state index in [-0.39, 0.29) is 17.7 Å². The van der Waals surface area contributed by atoms with Crippen LogP contribution in [0.3, 0.4) is 0 Å². The number of rotatable bonds is 6. The number of hydrogen-bond acceptors (Lipinski definition) is 4. The van der Waals surface area contributed by atoms with Gasteiger partial charge in [-0.1, -0.05) is 13.8 Å². The Bertz CT molecular complexity index is 208. The fourth-order valence-electron chi connectivity index (χ4n) is 0.825. The zero-order valence-electron chi connectivity index (χ0n) is 8.54. The van der Waals surface area contributed by atoms with Crippen molar-refractivity contribution in [1.82, 2.24) is 5.32 Å². The molecule has 0 heterocycles. The minimum absolute atomic E-state index is 0.0219. The Morgan fingerprint density at radius 3 is 2.57 bits per heavy atom. The van der Waals surface area contributed by atoms with Crippen molar-refractivity contribution in [3.8, 4) is 0 Å². The molecule has 1 atom stereocenters. The lowest BCUT2D eigenvalue weighted by atomic mass is 10.0. The minimum Gasteiger partial charge on any atom is -0.370 e. The third-order valence-corrected chi connectivity index (χ3v) is 2.54. The van der Waals surface area contributed by atoms with Crippen LogP contribution in [0.4, 0.5) is 0 Å². The molecule has 0 aliphatic carbocycles. The number of nitrogens with two attached hydrogens (primary N) is 2. The number of carbonyl (C=O) groups is 1. The van der Waals surface area contributed by atoms with Crippen molar-refractivity contribution in [3.63, 3.8) is 0 Å². The van der Waals surface area contributed by atoms with Crippen molar-refractivity contribution in [3.05, 3.63) is 0 Å². The van der Waals surface area contributed by atoms with Gasteiger partial charge in [-0.05, 0) is 0 Å². The Balaban J connectivity index is 3.59. The molecule has 6 N–H and O–H groups in total. The zero-order valence-corrected chi connectivity index (χ0v) is 9.36. The molecular weight excluding hydrogens is 200 g/mol. The molecule has 0 saturated carbocycles. The second-order valence-corrected chi connectivity index (χ2v) is 4.30. The first-order valence-corrected chi connectivity index (χ1v) is 5.55. The third-order valence-electron chi connectivity index (χ3n) is 1.60. The van der Waals surface area contributed by atoms with E-state index >= 15 is 0 Å². The minimum atomic E-state index is -0.422. The molecule has 0 rings (SSSR count). The van der Waals surface area contributed by atoms with Gasteiger partial charge in [-0.3, -0.25) is 10.2 Å². The van der Waals surface area contributed by atoms with E-state index in [9.17, 15) is 4.79 Å². The van der Waals surface area contributed by atoms with Gasteiger partial charge < -0.3 is 16.8 Å². The van der Waals surface area contributed by atoms with Gasteiger partial charge in [-0.15, -0.1) is 11.8 Å². The van der Waals surface area contributed by atoms with Gasteiger partial charge >= 0.3 is 0 Å². The highest BCUT2D eigenvalue weighted by molar-refractivity contribution is 7.99. The summed E-state index contributed by atoms with van der Waals surface area (Å²) in [6.07, 6.45) is 0. The molecule has 0 saturated heterocycles. The molecule has 0 aromatic heterocycles. The van der Waals surface area contributed by atoms with E-state index in [4.69, 9.17) is 16.9 Å². The molecule has 0 fully saturated rings. The van der Waals surface area contributed by atoms with Gasteiger partial charge in [-0.25, -0.2) is 0 Å². The summed E-state index contributed by atoms with van der Waals surface area (Å²) >= 11 is 1.46. The number of guanidine groups is 1. The molecule has 0 aliphatic rings. The van der Waals surface area contributed by atoms with Gasteiger partial charge in [0.25, 0.3) is 0 Å². The average molecular weight is 218 g/mol. The Labute approximate surface area is 88.5 Å². The summed E-state index contributed by atoms with van der Waals surface area (Å²) in [6, 6.07) is -0.422. The Morgan fingerprint density at radius 2 is 2.14 bits per heavy atom. The Hall–Kier alpha value is -0.750. The Morgan fingerprint density at radius 1 is 1.57 bits per heavy atom. The van der Waals surface area contributed by atoms with E-state index in [0.29, 0.717) is 11.6 Å². The average Bonchev–Trinajstić information content (AvgIpc) is 2.10. The molecule has 0 spiro atoms. The van der Waals surface area contributed by atoms with Crippen LogP contribution in [0.2, 0.25) is 0 Å². The molecular formula is C8H18N4OS. The van der Waals surface area contributed by atoms with Gasteiger partial charge in [0.15, 0.2) is 11.7 Å². The maximum absolute atomic E-state index is 11.3. The second-order valence-electron chi connectivity index (χ2n) is 3.27. The van der Waals surface area contributed by atoms with Crippen LogP contribution in [0.15, 0.2) is 0 Å². The van der Waals surface area contributed by atoms with Crippen molar-refractivity contribution in [2.24, 2.45) is 17.4 Å². The fourth-order valence-corrected chi connectivity index (χ4v) is 1.62. The number of Topliss-reactive ketones (excluding diaryl/α,β-unsaturated/α-hetero) is 1. The molecule has 6 heteroatoms. The highest BCUT2D eigenvalue weighted by Gasteiger charge is 2.16. The summed E-state index contributed by atoms with van der Waals surface area (Å²) < 4.78 is 0. The van der Waals surface area contributed by atoms with Gasteiger partial charge in [0.1, 0.15) is 0 Å². The summed E-state index contributed by atoms with van der Waals surface area (Å²) in [6.45, 7) is 3.67. The molecule has 1 unspecified atom stereocenters. The summed E-state index contributed by atoms with van der Waals surface area (Å²) in [5.41, 5.74) is 10.7. The number of nitrogens with one attached hydrogen (secondary N) is 2. The van der Waals surface area contributed by atoms with Crippen LogP contribution in [0.1, 0.15) is 13.8 Å². The van der Waals surface area contributed by atoms with E-state index in [1.54, 1.807) is 0 Å². The van der Waals surface area contributed by atoms with Crippen molar-refractivity contribution in [1.29, 1.82) is 5.41 Å². The quantitative estimate of drug-likeness (QED) is 0.212. The summed E-state index contributed by atoms with van der Waals surface area (Å²) in [4.78, 5) is 11.3. The summed E-state index contributed by atoms with van der Waals surface area (Å²) in [5.74, 6) is 1.04. The summed E-state index contributed by atoms with van der Waals surface area (Å²) in [7, 11) is 0. The molecule has 0 radical (unpaired) electrons. The van der Waals surface area contributed by atoms with Crippen LogP contribution in [0, 0.1) is 11.3 Å². The van der Waals surface area contributed by atoms with E-state index in [2.05, 4.69) is 5.32 Å². The van der Waals surface area contributed by atoms with Gasteiger partial charge in [0, 0.05) is 11.7 Å². The zero-order chi connectivity index (χ0) is 11.1. The van der Waals surface area contributed by atoms with Crippen LogP contribution in [0.25, 0.3) is 0 Å². The van der Waals surface area contributed by atoms with Gasteiger partial charge in [-0.2, -0.15) is 0 Å². The van der Waals surface area contributed by atoms with Crippen molar-refractivity contribution < 1.29 is 4.79 Å². The molecule has 0 aliphatic heterocycles. The molecule has 5 nitrogen and oxygen atoms in total. The van der Waals surface area contributed by atoms with E-state index in [1.165, 1.54) is 11.8 Å². The van der Waals surface area contributed by atoms with Crippen LogP contribution in [-0.4, -0.2) is 29.4 Å². The molecule has 0 bridgehead atoms. The predicted molar refractivity (Wildman–Crippen MR) is 60.2 cm³/mol. The first-order chi connectivity index (χ1) is 6.45. The monoisotopic (exact) mass is 218 g/mol. The number of carbonyl (C=O) groups excluding carboxylic acids is 1. The number of ketones is 1. The SMILES string of the molecule is CC(C)C(=O)C(N)CSCNC(=N)N. The molecule has 14 heavy (non-hydrogen) atoms. The van der Waals surface area contributed by atoms with Crippen LogP contribution in [0.5, 0.6) is 0 Å².